The van der Waals surface area contributed by atoms with E-state index in [-0.39, 0.29) is 11.9 Å². The summed E-state index contributed by atoms with van der Waals surface area (Å²) >= 11 is 6.14. The predicted octanol–water partition coefficient (Wildman–Crippen LogP) is 3.75. The third-order valence-electron chi connectivity index (χ3n) is 5.78. The molecule has 1 aromatic heterocycles. The van der Waals surface area contributed by atoms with Gasteiger partial charge in [0.2, 0.25) is 5.91 Å². The van der Waals surface area contributed by atoms with Crippen molar-refractivity contribution in [3.05, 3.63) is 64.8 Å². The number of para-hydroxylation sites is 1. The van der Waals surface area contributed by atoms with Gasteiger partial charge in [0.05, 0.1) is 29.9 Å². The summed E-state index contributed by atoms with van der Waals surface area (Å²) in [4.78, 5) is 32.1. The van der Waals surface area contributed by atoms with Gasteiger partial charge in [-0.05, 0) is 49.3 Å². The third-order valence-corrected chi connectivity index (χ3v) is 6.11. The summed E-state index contributed by atoms with van der Waals surface area (Å²) in [6, 6.07) is 12.9. The van der Waals surface area contributed by atoms with Crippen molar-refractivity contribution in [3.63, 3.8) is 0 Å². The second-order valence-corrected chi connectivity index (χ2v) is 8.41. The average Bonchev–Trinajstić information content (AvgIpc) is 3.06. The first-order chi connectivity index (χ1) is 15.5. The minimum Gasteiger partial charge on any atom is -0.465 e. The van der Waals surface area contributed by atoms with Crippen molar-refractivity contribution < 1.29 is 14.3 Å². The molecule has 0 unspecified atom stereocenters. The van der Waals surface area contributed by atoms with E-state index in [1.54, 1.807) is 18.2 Å². The summed E-state index contributed by atoms with van der Waals surface area (Å²) in [5, 5.41) is 4.55. The average molecular weight is 455 g/mol. The molecule has 2 heterocycles. The van der Waals surface area contributed by atoms with Gasteiger partial charge in [-0.15, -0.1) is 0 Å². The Morgan fingerprint density at radius 2 is 1.88 bits per heavy atom. The zero-order valence-electron chi connectivity index (χ0n) is 18.1. The van der Waals surface area contributed by atoms with E-state index >= 15 is 0 Å². The number of hydrogen-bond donors (Lipinski definition) is 2. The van der Waals surface area contributed by atoms with Gasteiger partial charge >= 0.3 is 5.97 Å². The van der Waals surface area contributed by atoms with Crippen molar-refractivity contribution in [1.82, 2.24) is 14.8 Å². The molecule has 0 spiro atoms. The topological polar surface area (TPSA) is 77.7 Å². The lowest BCUT2D eigenvalue weighted by atomic mass is 10.1. The molecule has 1 amide bonds. The lowest BCUT2D eigenvalue weighted by Gasteiger charge is -2.21. The largest absolute Gasteiger partial charge is 0.465 e. The van der Waals surface area contributed by atoms with E-state index in [1.807, 2.05) is 30.5 Å². The molecule has 168 valence electrons. The molecule has 1 aliphatic heterocycles. The number of H-pyrrole nitrogens is 1. The van der Waals surface area contributed by atoms with Crippen LogP contribution in [0.1, 0.15) is 22.3 Å². The molecule has 0 bridgehead atoms. The van der Waals surface area contributed by atoms with Crippen LogP contribution in [0.3, 0.4) is 0 Å². The summed E-state index contributed by atoms with van der Waals surface area (Å²) in [7, 11) is 1.38. The number of esters is 1. The highest BCUT2D eigenvalue weighted by atomic mass is 35.5. The highest BCUT2D eigenvalue weighted by molar-refractivity contribution is 6.33. The molecular formula is C24H27ClN4O3. The maximum absolute atomic E-state index is 12.5. The van der Waals surface area contributed by atoms with E-state index in [2.05, 4.69) is 20.1 Å². The van der Waals surface area contributed by atoms with Gasteiger partial charge in [-0.2, -0.15) is 0 Å². The summed E-state index contributed by atoms with van der Waals surface area (Å²) in [5.41, 5.74) is 3.30. The number of methoxy groups -OCH3 is 1. The second kappa shape index (κ2) is 10.2. The van der Waals surface area contributed by atoms with Gasteiger partial charge in [0.15, 0.2) is 0 Å². The molecule has 3 aromatic rings. The van der Waals surface area contributed by atoms with Crippen LogP contribution in [0.5, 0.6) is 0 Å². The van der Waals surface area contributed by atoms with Crippen molar-refractivity contribution in [1.29, 1.82) is 0 Å². The second-order valence-electron chi connectivity index (χ2n) is 8.00. The number of hydrogen-bond acceptors (Lipinski definition) is 5. The maximum atomic E-state index is 12.5. The fourth-order valence-electron chi connectivity index (χ4n) is 4.10. The molecule has 1 aliphatic rings. The number of carbonyl (C=O) groups is 2. The first kappa shape index (κ1) is 22.3. The molecular weight excluding hydrogens is 428 g/mol. The quantitative estimate of drug-likeness (QED) is 0.554. The molecule has 7 nitrogen and oxygen atoms in total. The lowest BCUT2D eigenvalue weighted by Crippen LogP contribution is -2.36. The van der Waals surface area contributed by atoms with Crippen LogP contribution in [0.15, 0.2) is 48.7 Å². The fraction of sp³-hybridized carbons (Fsp3) is 0.333. The van der Waals surface area contributed by atoms with Gasteiger partial charge in [-0.25, -0.2) is 4.79 Å². The van der Waals surface area contributed by atoms with Crippen LogP contribution < -0.4 is 5.32 Å². The lowest BCUT2D eigenvalue weighted by molar-refractivity contribution is -0.117. The Morgan fingerprint density at radius 1 is 1.09 bits per heavy atom. The van der Waals surface area contributed by atoms with Gasteiger partial charge in [0.1, 0.15) is 0 Å². The summed E-state index contributed by atoms with van der Waals surface area (Å²) < 4.78 is 4.80. The number of nitrogens with one attached hydrogen (secondary N) is 2. The molecule has 32 heavy (non-hydrogen) atoms. The first-order valence-corrected chi connectivity index (χ1v) is 11.1. The minimum atomic E-state index is -0.339. The Morgan fingerprint density at radius 3 is 2.69 bits per heavy atom. The standard InChI is InChI=1S/C24H27ClN4O3/c1-32-24(31)17-7-8-19-18(14-26-22(19)13-17)15-28-9-4-10-29(12-11-28)16-23(30)27-21-6-3-2-5-20(21)25/h2-3,5-8,13-14,26H,4,9-12,15-16H2,1H3,(H,27,30). The van der Waals surface area contributed by atoms with Gasteiger partial charge in [0, 0.05) is 36.7 Å². The number of amides is 1. The van der Waals surface area contributed by atoms with Crippen LogP contribution in [0.25, 0.3) is 10.9 Å². The van der Waals surface area contributed by atoms with E-state index in [4.69, 9.17) is 16.3 Å². The molecule has 2 aromatic carbocycles. The van der Waals surface area contributed by atoms with Crippen LogP contribution in [-0.2, 0) is 16.1 Å². The molecule has 1 fully saturated rings. The summed E-state index contributed by atoms with van der Waals surface area (Å²) in [6.45, 7) is 4.72. The molecule has 0 radical (unpaired) electrons. The Bertz CT molecular complexity index is 1110. The molecule has 0 atom stereocenters. The van der Waals surface area contributed by atoms with E-state index < -0.39 is 0 Å². The molecule has 2 N–H and O–H groups in total. The molecule has 4 rings (SSSR count). The normalized spacial score (nSPS) is 15.4. The van der Waals surface area contributed by atoms with Crippen LogP contribution in [0.4, 0.5) is 5.69 Å². The number of carbonyl (C=O) groups excluding carboxylic acids is 2. The van der Waals surface area contributed by atoms with Gasteiger partial charge in [0.25, 0.3) is 0 Å². The van der Waals surface area contributed by atoms with E-state index in [1.165, 1.54) is 12.7 Å². The summed E-state index contributed by atoms with van der Waals surface area (Å²) in [6.07, 6.45) is 3.00. The molecule has 1 saturated heterocycles. The van der Waals surface area contributed by atoms with Crippen LogP contribution >= 0.6 is 11.6 Å². The van der Waals surface area contributed by atoms with Gasteiger partial charge < -0.3 is 15.0 Å². The van der Waals surface area contributed by atoms with E-state index in [0.29, 0.717) is 22.8 Å². The van der Waals surface area contributed by atoms with Crippen molar-refractivity contribution in [2.45, 2.75) is 13.0 Å². The van der Waals surface area contributed by atoms with Crippen LogP contribution in [0, 0.1) is 0 Å². The number of benzene rings is 2. The summed E-state index contributed by atoms with van der Waals surface area (Å²) in [5.74, 6) is -0.390. The molecule has 0 saturated carbocycles. The maximum Gasteiger partial charge on any atom is 0.337 e. The highest BCUT2D eigenvalue weighted by Gasteiger charge is 2.19. The van der Waals surface area contributed by atoms with Crippen molar-refractivity contribution in [3.8, 4) is 0 Å². The van der Waals surface area contributed by atoms with E-state index in [0.717, 1.165) is 50.0 Å². The SMILES string of the molecule is COC(=O)c1ccc2c(CN3CCCN(CC(=O)Nc4ccccc4Cl)CC3)c[nH]c2c1. The number of anilines is 1. The number of rotatable bonds is 6. The Balaban J connectivity index is 1.33. The number of aromatic nitrogens is 1. The smallest absolute Gasteiger partial charge is 0.337 e. The fourth-order valence-corrected chi connectivity index (χ4v) is 4.28. The number of aromatic amines is 1. The van der Waals surface area contributed by atoms with Gasteiger partial charge in [-0.3, -0.25) is 14.6 Å². The molecule has 0 aliphatic carbocycles. The van der Waals surface area contributed by atoms with E-state index in [9.17, 15) is 9.59 Å². The Hall–Kier alpha value is -2.87. The molecule has 8 heteroatoms. The highest BCUT2D eigenvalue weighted by Crippen LogP contribution is 2.23. The number of ether oxygens (including phenoxy) is 1. The monoisotopic (exact) mass is 454 g/mol. The Kier molecular flexibility index (Phi) is 7.09. The zero-order chi connectivity index (χ0) is 22.5. The Labute approximate surface area is 192 Å². The number of nitrogens with zero attached hydrogens (tertiary/aromatic N) is 2. The number of fused-ring (bicyclic) bond motifs is 1. The van der Waals surface area contributed by atoms with Crippen molar-refractivity contribution in [2.75, 3.05) is 45.2 Å². The van der Waals surface area contributed by atoms with Crippen LogP contribution in [-0.4, -0.2) is 66.5 Å². The van der Waals surface area contributed by atoms with Crippen molar-refractivity contribution >= 4 is 40.1 Å². The minimum absolute atomic E-state index is 0.0513. The zero-order valence-corrected chi connectivity index (χ0v) is 18.8. The van der Waals surface area contributed by atoms with Crippen LogP contribution in [0.2, 0.25) is 5.02 Å². The third kappa shape index (κ3) is 5.30. The first-order valence-electron chi connectivity index (χ1n) is 10.7. The van der Waals surface area contributed by atoms with Gasteiger partial charge in [-0.1, -0.05) is 29.8 Å². The predicted molar refractivity (Wildman–Crippen MR) is 126 cm³/mol. The number of halogens is 1. The van der Waals surface area contributed by atoms with Crippen molar-refractivity contribution in [2.24, 2.45) is 0 Å².